The molecule has 2 amide bonds. The normalized spacial score (nSPS) is 10.5. The minimum atomic E-state index is -0.571. The number of nitrogens with zero attached hydrogens (tertiary/aromatic N) is 2. The number of amides is 2. The van der Waals surface area contributed by atoms with E-state index >= 15 is 0 Å². The van der Waals surface area contributed by atoms with Crippen LogP contribution in [0, 0.1) is 10.1 Å². The number of benzene rings is 3. The van der Waals surface area contributed by atoms with Crippen LogP contribution in [-0.2, 0) is 11.4 Å². The fraction of sp³-hybridized carbons (Fsp3) is 0.125. The first kappa shape index (κ1) is 23.9. The molecule has 0 unspecified atom stereocenters. The molecule has 0 aliphatic carbocycles. The molecule has 0 bridgehead atoms. The number of hydrazone groups is 1. The predicted molar refractivity (Wildman–Crippen MR) is 126 cm³/mol. The lowest BCUT2D eigenvalue weighted by atomic mass is 10.1. The fourth-order valence-corrected chi connectivity index (χ4v) is 2.97. The van der Waals surface area contributed by atoms with Gasteiger partial charge in [0.15, 0.2) is 11.5 Å². The van der Waals surface area contributed by atoms with Gasteiger partial charge in [-0.2, -0.15) is 5.10 Å². The Morgan fingerprint density at radius 2 is 1.76 bits per heavy atom. The molecule has 0 fully saturated rings. The summed E-state index contributed by atoms with van der Waals surface area (Å²) in [6.07, 6.45) is 1.16. The lowest BCUT2D eigenvalue weighted by Crippen LogP contribution is -2.17. The highest BCUT2D eigenvalue weighted by Crippen LogP contribution is 2.34. The topological polar surface area (TPSA) is 132 Å². The lowest BCUT2D eigenvalue weighted by Gasteiger charge is -2.12. The third-order valence-corrected chi connectivity index (χ3v) is 4.58. The van der Waals surface area contributed by atoms with Crippen LogP contribution >= 0.6 is 0 Å². The summed E-state index contributed by atoms with van der Waals surface area (Å²) in [4.78, 5) is 34.4. The molecule has 0 heterocycles. The second kappa shape index (κ2) is 11.2. The van der Waals surface area contributed by atoms with E-state index in [4.69, 9.17) is 9.47 Å². The van der Waals surface area contributed by atoms with Gasteiger partial charge >= 0.3 is 0 Å². The van der Waals surface area contributed by atoms with Gasteiger partial charge < -0.3 is 14.8 Å². The molecule has 0 aliphatic rings. The Balaban J connectivity index is 1.74. The number of anilines is 1. The lowest BCUT2D eigenvalue weighted by molar-refractivity contribution is -0.385. The molecule has 0 aromatic heterocycles. The van der Waals surface area contributed by atoms with Crippen LogP contribution < -0.4 is 20.2 Å². The quantitative estimate of drug-likeness (QED) is 0.282. The summed E-state index contributed by atoms with van der Waals surface area (Å²) in [5.41, 5.74) is 3.91. The zero-order chi connectivity index (χ0) is 24.5. The Morgan fingerprint density at radius 3 is 2.38 bits per heavy atom. The van der Waals surface area contributed by atoms with Crippen molar-refractivity contribution in [3.8, 4) is 11.5 Å². The van der Waals surface area contributed by atoms with Crippen molar-refractivity contribution in [2.45, 2.75) is 13.5 Å². The molecule has 2 N–H and O–H groups in total. The summed E-state index contributed by atoms with van der Waals surface area (Å²) in [5, 5.41) is 18.0. The van der Waals surface area contributed by atoms with Crippen LogP contribution in [-0.4, -0.2) is 30.1 Å². The molecule has 0 spiro atoms. The average Bonchev–Trinajstić information content (AvgIpc) is 2.83. The van der Waals surface area contributed by atoms with Gasteiger partial charge in [0.1, 0.15) is 6.61 Å². The van der Waals surface area contributed by atoms with Gasteiger partial charge in [0.05, 0.1) is 29.9 Å². The van der Waals surface area contributed by atoms with Gasteiger partial charge in [0.2, 0.25) is 5.91 Å². The number of nitro groups is 1. The zero-order valence-electron chi connectivity index (χ0n) is 18.5. The summed E-state index contributed by atoms with van der Waals surface area (Å²) >= 11 is 0. The van der Waals surface area contributed by atoms with Crippen LogP contribution in [0.25, 0.3) is 0 Å². The van der Waals surface area contributed by atoms with Gasteiger partial charge in [-0.15, -0.1) is 0 Å². The van der Waals surface area contributed by atoms with E-state index < -0.39 is 10.8 Å². The fourth-order valence-electron chi connectivity index (χ4n) is 2.97. The second-order valence-electron chi connectivity index (χ2n) is 7.05. The molecule has 3 aromatic rings. The second-order valence-corrected chi connectivity index (χ2v) is 7.05. The number of ether oxygens (including phenoxy) is 2. The molecule has 0 aliphatic heterocycles. The standard InChI is InChI=1S/C24H22N4O6/c1-16(29)26-20-10-8-18(9-11-20)24(30)27-25-14-19-12-22(33-2)23(13-21(19)28(31)32)34-15-17-6-4-3-5-7-17/h3-14H,15H2,1-2H3,(H,26,29)(H,27,30). The zero-order valence-corrected chi connectivity index (χ0v) is 18.5. The summed E-state index contributed by atoms with van der Waals surface area (Å²) < 4.78 is 11.0. The van der Waals surface area contributed by atoms with Gasteiger partial charge in [-0.3, -0.25) is 19.7 Å². The first-order valence-corrected chi connectivity index (χ1v) is 10.1. The number of carbonyl (C=O) groups excluding carboxylic acids is 2. The number of hydrogen-bond acceptors (Lipinski definition) is 7. The van der Waals surface area contributed by atoms with E-state index in [1.807, 2.05) is 30.3 Å². The smallest absolute Gasteiger partial charge is 0.282 e. The van der Waals surface area contributed by atoms with Gasteiger partial charge in [0, 0.05) is 18.2 Å². The summed E-state index contributed by atoms with van der Waals surface area (Å²) in [7, 11) is 1.42. The highest BCUT2D eigenvalue weighted by molar-refractivity contribution is 5.96. The third kappa shape index (κ3) is 6.39. The molecular formula is C24H22N4O6. The summed E-state index contributed by atoms with van der Waals surface area (Å²) in [5.74, 6) is -0.264. The van der Waals surface area contributed by atoms with Crippen molar-refractivity contribution < 1.29 is 24.0 Å². The molecular weight excluding hydrogens is 440 g/mol. The first-order chi connectivity index (χ1) is 16.4. The van der Waals surface area contributed by atoms with Crippen LogP contribution in [0.15, 0.2) is 71.8 Å². The largest absolute Gasteiger partial charge is 0.493 e. The van der Waals surface area contributed by atoms with Crippen LogP contribution in [0.4, 0.5) is 11.4 Å². The van der Waals surface area contributed by atoms with Crippen molar-refractivity contribution in [1.82, 2.24) is 5.43 Å². The van der Waals surface area contributed by atoms with Gasteiger partial charge in [0.25, 0.3) is 11.6 Å². The van der Waals surface area contributed by atoms with E-state index in [2.05, 4.69) is 15.8 Å². The molecule has 0 radical (unpaired) electrons. The highest BCUT2D eigenvalue weighted by Gasteiger charge is 2.19. The molecule has 174 valence electrons. The minimum Gasteiger partial charge on any atom is -0.493 e. The number of methoxy groups -OCH3 is 1. The van der Waals surface area contributed by atoms with Crippen molar-refractivity contribution in [2.75, 3.05) is 12.4 Å². The van der Waals surface area contributed by atoms with Crippen molar-refractivity contribution in [2.24, 2.45) is 5.10 Å². The van der Waals surface area contributed by atoms with Crippen LogP contribution in [0.5, 0.6) is 11.5 Å². The molecule has 0 saturated heterocycles. The molecule has 34 heavy (non-hydrogen) atoms. The summed E-state index contributed by atoms with van der Waals surface area (Å²) in [6.45, 7) is 1.59. The Bertz CT molecular complexity index is 1210. The first-order valence-electron chi connectivity index (χ1n) is 10.1. The van der Waals surface area contributed by atoms with Crippen molar-refractivity contribution >= 4 is 29.4 Å². The average molecular weight is 462 g/mol. The molecule has 10 heteroatoms. The Labute approximate surface area is 195 Å². The number of nitrogens with one attached hydrogen (secondary N) is 2. The van der Waals surface area contributed by atoms with Crippen molar-refractivity contribution in [3.05, 3.63) is 93.5 Å². The van der Waals surface area contributed by atoms with Crippen molar-refractivity contribution in [1.29, 1.82) is 0 Å². The van der Waals surface area contributed by atoms with Crippen LogP contribution in [0.2, 0.25) is 0 Å². The van der Waals surface area contributed by atoms with Crippen LogP contribution in [0.3, 0.4) is 0 Å². The molecule has 3 rings (SSSR count). The van der Waals surface area contributed by atoms with E-state index in [1.165, 1.54) is 38.3 Å². The maximum atomic E-state index is 12.3. The Kier molecular flexibility index (Phi) is 7.90. The Hall–Kier alpha value is -4.73. The van der Waals surface area contributed by atoms with Gasteiger partial charge in [-0.25, -0.2) is 5.43 Å². The SMILES string of the molecule is COc1cc(C=NNC(=O)c2ccc(NC(C)=O)cc2)c([N+](=O)[O-])cc1OCc1ccccc1. The van der Waals surface area contributed by atoms with Gasteiger partial charge in [-0.05, 0) is 35.9 Å². The monoisotopic (exact) mass is 462 g/mol. The molecule has 0 saturated carbocycles. The summed E-state index contributed by atoms with van der Waals surface area (Å²) in [6, 6.07) is 18.2. The highest BCUT2D eigenvalue weighted by atomic mass is 16.6. The number of rotatable bonds is 9. The van der Waals surface area contributed by atoms with Gasteiger partial charge in [-0.1, -0.05) is 30.3 Å². The maximum Gasteiger partial charge on any atom is 0.282 e. The van der Waals surface area contributed by atoms with E-state index in [9.17, 15) is 19.7 Å². The number of nitro benzene ring substituents is 1. The van der Waals surface area contributed by atoms with E-state index in [0.717, 1.165) is 11.8 Å². The maximum absolute atomic E-state index is 12.3. The number of carbonyl (C=O) groups is 2. The third-order valence-electron chi connectivity index (χ3n) is 4.58. The molecule has 3 aromatic carbocycles. The van der Waals surface area contributed by atoms with E-state index in [1.54, 1.807) is 12.1 Å². The number of hydrogen-bond donors (Lipinski definition) is 2. The van der Waals surface area contributed by atoms with E-state index in [-0.39, 0.29) is 35.3 Å². The minimum absolute atomic E-state index is 0.121. The molecule has 10 nitrogen and oxygen atoms in total. The van der Waals surface area contributed by atoms with E-state index in [0.29, 0.717) is 11.3 Å². The van der Waals surface area contributed by atoms with Crippen LogP contribution in [0.1, 0.15) is 28.4 Å². The Morgan fingerprint density at radius 1 is 1.06 bits per heavy atom. The molecule has 0 atom stereocenters. The predicted octanol–water partition coefficient (Wildman–Crippen LogP) is 3.90. The van der Waals surface area contributed by atoms with Crippen molar-refractivity contribution in [3.63, 3.8) is 0 Å².